The van der Waals surface area contributed by atoms with Crippen LogP contribution in [0.5, 0.6) is 0 Å². The Hall–Kier alpha value is -1.77. The second kappa shape index (κ2) is 9.16. The average Bonchev–Trinajstić information content (AvgIpc) is 3.03. The molecule has 0 spiro atoms. The third-order valence-corrected chi connectivity index (χ3v) is 7.29. The summed E-state index contributed by atoms with van der Waals surface area (Å²) in [4.78, 5) is 26.2. The number of rotatable bonds is 3. The molecule has 30 heavy (non-hydrogen) atoms. The van der Waals surface area contributed by atoms with Crippen molar-refractivity contribution < 1.29 is 14.3 Å². The smallest absolute Gasteiger partial charge is 0.341 e. The lowest BCUT2D eigenvalue weighted by Crippen LogP contribution is -2.34. The lowest BCUT2D eigenvalue weighted by atomic mass is 9.72. The van der Waals surface area contributed by atoms with Gasteiger partial charge in [0.1, 0.15) is 5.00 Å². The first kappa shape index (κ1) is 22.9. The molecule has 0 bridgehead atoms. The number of carbonyl (C=O) groups is 2. The van der Waals surface area contributed by atoms with E-state index in [-0.39, 0.29) is 22.4 Å². The van der Waals surface area contributed by atoms with Gasteiger partial charge in [-0.3, -0.25) is 10.1 Å². The summed E-state index contributed by atoms with van der Waals surface area (Å²) in [5.74, 6) is -0.155. The van der Waals surface area contributed by atoms with Crippen LogP contribution in [-0.2, 0) is 17.6 Å². The fourth-order valence-electron chi connectivity index (χ4n) is 3.67. The molecule has 0 fully saturated rings. The number of esters is 1. The SMILES string of the molecule is COC(=O)c1c(NC(=S)NC(=O)c2cccc(Br)c2)sc2c1CCC(C(C)(C)C)C2. The molecule has 1 aromatic heterocycles. The van der Waals surface area contributed by atoms with Crippen molar-refractivity contribution in [1.82, 2.24) is 5.32 Å². The topological polar surface area (TPSA) is 67.4 Å². The molecule has 0 saturated carbocycles. The maximum Gasteiger partial charge on any atom is 0.341 e. The maximum atomic E-state index is 12.5. The molecule has 0 radical (unpaired) electrons. The second-order valence-electron chi connectivity index (χ2n) is 8.42. The van der Waals surface area contributed by atoms with E-state index in [0.29, 0.717) is 22.0 Å². The molecule has 1 amide bonds. The van der Waals surface area contributed by atoms with Crippen LogP contribution in [0.25, 0.3) is 0 Å². The zero-order valence-corrected chi connectivity index (χ0v) is 20.6. The largest absolute Gasteiger partial charge is 0.465 e. The molecule has 1 aromatic carbocycles. The Morgan fingerprint density at radius 2 is 2.03 bits per heavy atom. The molecule has 160 valence electrons. The Morgan fingerprint density at radius 1 is 1.30 bits per heavy atom. The number of fused-ring (bicyclic) bond motifs is 1. The van der Waals surface area contributed by atoms with E-state index in [2.05, 4.69) is 47.3 Å². The van der Waals surface area contributed by atoms with E-state index in [0.717, 1.165) is 29.3 Å². The van der Waals surface area contributed by atoms with Crippen molar-refractivity contribution in [2.24, 2.45) is 11.3 Å². The van der Waals surface area contributed by atoms with Crippen molar-refractivity contribution in [1.29, 1.82) is 0 Å². The molecule has 2 aromatic rings. The Labute approximate surface area is 194 Å². The maximum absolute atomic E-state index is 12.5. The predicted molar refractivity (Wildman–Crippen MR) is 128 cm³/mol. The number of thiocarbonyl (C=S) groups is 1. The summed E-state index contributed by atoms with van der Waals surface area (Å²) in [5.41, 5.74) is 2.26. The molecule has 1 unspecified atom stereocenters. The Bertz CT molecular complexity index is 995. The van der Waals surface area contributed by atoms with Gasteiger partial charge in [-0.1, -0.05) is 42.8 Å². The number of anilines is 1. The van der Waals surface area contributed by atoms with Gasteiger partial charge in [0.15, 0.2) is 5.11 Å². The summed E-state index contributed by atoms with van der Waals surface area (Å²) in [5, 5.41) is 6.52. The minimum Gasteiger partial charge on any atom is -0.465 e. The number of thiophene rings is 1. The molecule has 1 heterocycles. The van der Waals surface area contributed by atoms with Gasteiger partial charge < -0.3 is 10.1 Å². The molecular weight excluding hydrogens is 484 g/mol. The molecule has 1 aliphatic rings. The first-order valence-electron chi connectivity index (χ1n) is 9.71. The lowest BCUT2D eigenvalue weighted by Gasteiger charge is -2.33. The third kappa shape index (κ3) is 5.10. The monoisotopic (exact) mass is 508 g/mol. The zero-order valence-electron chi connectivity index (χ0n) is 17.4. The Kier molecular flexibility index (Phi) is 6.99. The van der Waals surface area contributed by atoms with E-state index in [1.165, 1.54) is 23.3 Å². The van der Waals surface area contributed by atoms with Crippen molar-refractivity contribution in [3.05, 3.63) is 50.3 Å². The molecule has 8 heteroatoms. The van der Waals surface area contributed by atoms with Crippen LogP contribution in [0.4, 0.5) is 5.00 Å². The predicted octanol–water partition coefficient (Wildman–Crippen LogP) is 5.58. The Morgan fingerprint density at radius 3 is 2.67 bits per heavy atom. The Balaban J connectivity index is 1.81. The van der Waals surface area contributed by atoms with E-state index in [4.69, 9.17) is 17.0 Å². The number of halogens is 1. The highest BCUT2D eigenvalue weighted by Gasteiger charge is 2.34. The number of carbonyl (C=O) groups excluding carboxylic acids is 2. The normalized spacial score (nSPS) is 15.8. The molecule has 2 N–H and O–H groups in total. The highest BCUT2D eigenvalue weighted by Crippen LogP contribution is 2.44. The van der Waals surface area contributed by atoms with Gasteiger partial charge in [-0.2, -0.15) is 0 Å². The van der Waals surface area contributed by atoms with Crippen molar-refractivity contribution in [2.45, 2.75) is 40.0 Å². The first-order valence-corrected chi connectivity index (χ1v) is 11.7. The molecular formula is C22H25BrN2O3S2. The second-order valence-corrected chi connectivity index (χ2v) is 10.9. The molecule has 0 saturated heterocycles. The fraction of sp³-hybridized carbons (Fsp3) is 0.409. The van der Waals surface area contributed by atoms with Crippen LogP contribution in [0, 0.1) is 11.3 Å². The van der Waals surface area contributed by atoms with Crippen LogP contribution in [0.2, 0.25) is 0 Å². The van der Waals surface area contributed by atoms with Crippen molar-refractivity contribution in [2.75, 3.05) is 12.4 Å². The van der Waals surface area contributed by atoms with Gasteiger partial charge in [0.25, 0.3) is 5.91 Å². The summed E-state index contributed by atoms with van der Waals surface area (Å²) in [6.45, 7) is 6.76. The number of benzene rings is 1. The molecule has 0 aliphatic heterocycles. The van der Waals surface area contributed by atoms with E-state index >= 15 is 0 Å². The van der Waals surface area contributed by atoms with Gasteiger partial charge >= 0.3 is 5.97 Å². The lowest BCUT2D eigenvalue weighted by molar-refractivity contribution is 0.0600. The van der Waals surface area contributed by atoms with Crippen LogP contribution in [0.1, 0.15) is 58.3 Å². The molecule has 1 atom stereocenters. The van der Waals surface area contributed by atoms with Gasteiger partial charge in [-0.15, -0.1) is 11.3 Å². The summed E-state index contributed by atoms with van der Waals surface area (Å²) >= 11 is 10.2. The number of ether oxygens (including phenoxy) is 1. The van der Waals surface area contributed by atoms with E-state index < -0.39 is 0 Å². The standard InChI is InChI=1S/C22H25BrN2O3S2/c1-22(2,3)13-8-9-15-16(11-13)30-19(17(15)20(27)28-4)25-21(29)24-18(26)12-6-5-7-14(23)10-12/h5-7,10,13H,8-9,11H2,1-4H3,(H2,24,25,26,29). The van der Waals surface area contributed by atoms with Crippen LogP contribution in [-0.4, -0.2) is 24.1 Å². The van der Waals surface area contributed by atoms with Gasteiger partial charge in [0.05, 0.1) is 12.7 Å². The highest BCUT2D eigenvalue weighted by molar-refractivity contribution is 9.10. The number of hydrogen-bond donors (Lipinski definition) is 2. The van der Waals surface area contributed by atoms with Gasteiger partial charge in [0.2, 0.25) is 0 Å². The van der Waals surface area contributed by atoms with Gasteiger partial charge in [0, 0.05) is 14.9 Å². The van der Waals surface area contributed by atoms with Crippen LogP contribution in [0.3, 0.4) is 0 Å². The summed E-state index contributed by atoms with van der Waals surface area (Å²) < 4.78 is 5.84. The summed E-state index contributed by atoms with van der Waals surface area (Å²) in [6, 6.07) is 7.05. The molecule has 3 rings (SSSR count). The van der Waals surface area contributed by atoms with E-state index in [1.54, 1.807) is 18.2 Å². The molecule has 5 nitrogen and oxygen atoms in total. The quantitative estimate of drug-likeness (QED) is 0.418. The third-order valence-electron chi connectivity index (χ3n) is 5.42. The minimum absolute atomic E-state index is 0.149. The van der Waals surface area contributed by atoms with Crippen LogP contribution in [0.15, 0.2) is 28.7 Å². The number of hydrogen-bond acceptors (Lipinski definition) is 5. The van der Waals surface area contributed by atoms with Crippen molar-refractivity contribution in [3.63, 3.8) is 0 Å². The first-order chi connectivity index (χ1) is 14.1. The van der Waals surface area contributed by atoms with E-state index in [1.807, 2.05) is 6.07 Å². The number of amides is 1. The minimum atomic E-state index is -0.384. The summed E-state index contributed by atoms with van der Waals surface area (Å²) in [6.07, 6.45) is 2.78. The summed E-state index contributed by atoms with van der Waals surface area (Å²) in [7, 11) is 1.38. The average molecular weight is 509 g/mol. The fourth-order valence-corrected chi connectivity index (χ4v) is 5.65. The van der Waals surface area contributed by atoms with Crippen molar-refractivity contribution in [3.8, 4) is 0 Å². The van der Waals surface area contributed by atoms with Gasteiger partial charge in [-0.05, 0) is 66.6 Å². The number of nitrogens with one attached hydrogen (secondary N) is 2. The van der Waals surface area contributed by atoms with Gasteiger partial charge in [-0.25, -0.2) is 4.79 Å². The number of methoxy groups -OCH3 is 1. The van der Waals surface area contributed by atoms with Crippen LogP contribution < -0.4 is 10.6 Å². The highest BCUT2D eigenvalue weighted by atomic mass is 79.9. The zero-order chi connectivity index (χ0) is 22.1. The van der Waals surface area contributed by atoms with Crippen LogP contribution >= 0.6 is 39.5 Å². The molecule has 1 aliphatic carbocycles. The van der Waals surface area contributed by atoms with Crippen molar-refractivity contribution >= 4 is 61.5 Å². The van der Waals surface area contributed by atoms with E-state index in [9.17, 15) is 9.59 Å².